The van der Waals surface area contributed by atoms with Gasteiger partial charge in [-0.1, -0.05) is 6.07 Å². The average Bonchev–Trinajstić information content (AvgIpc) is 2.94. The number of rotatable bonds is 4. The van der Waals surface area contributed by atoms with Crippen LogP contribution < -0.4 is 0 Å². The van der Waals surface area contributed by atoms with E-state index in [0.29, 0.717) is 17.9 Å². The molecule has 20 heavy (non-hydrogen) atoms. The normalized spacial score (nSPS) is 10.8. The van der Waals surface area contributed by atoms with Gasteiger partial charge in [-0.2, -0.15) is 5.10 Å². The largest absolute Gasteiger partial charge is 0.294 e. The zero-order valence-corrected chi connectivity index (χ0v) is 11.2. The van der Waals surface area contributed by atoms with Crippen molar-refractivity contribution < 1.29 is 4.79 Å². The van der Waals surface area contributed by atoms with Gasteiger partial charge >= 0.3 is 0 Å². The molecule has 0 fully saturated rings. The summed E-state index contributed by atoms with van der Waals surface area (Å²) in [5.74, 6) is 0.738. The Morgan fingerprint density at radius 2 is 2.15 bits per heavy atom. The van der Waals surface area contributed by atoms with Crippen molar-refractivity contribution >= 4 is 16.7 Å². The lowest BCUT2D eigenvalue weighted by Gasteiger charge is -2.04. The van der Waals surface area contributed by atoms with Gasteiger partial charge in [-0.15, -0.1) is 0 Å². The van der Waals surface area contributed by atoms with Crippen LogP contribution in [0.5, 0.6) is 0 Å². The number of carbonyl (C=O) groups is 1. The molecule has 0 aliphatic carbocycles. The fourth-order valence-electron chi connectivity index (χ4n) is 2.18. The number of pyridine rings is 1. The Morgan fingerprint density at radius 3 is 3.00 bits per heavy atom. The number of hydrogen-bond donors (Lipinski definition) is 0. The van der Waals surface area contributed by atoms with Gasteiger partial charge in [0.25, 0.3) is 0 Å². The molecule has 2 aromatic heterocycles. The maximum absolute atomic E-state index is 12.3. The Morgan fingerprint density at radius 1 is 1.25 bits per heavy atom. The van der Waals surface area contributed by atoms with E-state index in [9.17, 15) is 4.79 Å². The molecule has 0 unspecified atom stereocenters. The summed E-state index contributed by atoms with van der Waals surface area (Å²) < 4.78 is 1.74. The van der Waals surface area contributed by atoms with Crippen molar-refractivity contribution in [3.8, 4) is 0 Å². The van der Waals surface area contributed by atoms with Gasteiger partial charge in [0.2, 0.25) is 0 Å². The van der Waals surface area contributed by atoms with Crippen LogP contribution >= 0.6 is 0 Å². The van der Waals surface area contributed by atoms with E-state index in [2.05, 4.69) is 15.1 Å². The molecule has 0 aliphatic rings. The predicted molar refractivity (Wildman–Crippen MR) is 75.5 cm³/mol. The molecule has 3 rings (SSSR count). The Balaban J connectivity index is 1.89. The highest BCUT2D eigenvalue weighted by atomic mass is 16.1. The number of benzene rings is 1. The van der Waals surface area contributed by atoms with Crippen LogP contribution in [-0.2, 0) is 13.0 Å². The van der Waals surface area contributed by atoms with Crippen LogP contribution in [0, 0.1) is 0 Å². The lowest BCUT2D eigenvalue weighted by atomic mass is 10.1. The topological polar surface area (TPSA) is 60.7 Å². The third-order valence-electron chi connectivity index (χ3n) is 3.24. The zero-order chi connectivity index (χ0) is 13.9. The molecule has 1 aromatic carbocycles. The average molecular weight is 266 g/mol. The summed E-state index contributed by atoms with van der Waals surface area (Å²) in [6, 6.07) is 9.37. The molecule has 5 heteroatoms. The van der Waals surface area contributed by atoms with Crippen molar-refractivity contribution in [3.63, 3.8) is 0 Å². The van der Waals surface area contributed by atoms with Gasteiger partial charge in [-0.3, -0.25) is 9.78 Å². The highest BCUT2D eigenvalue weighted by molar-refractivity contribution is 6.00. The monoisotopic (exact) mass is 266 g/mol. The summed E-state index contributed by atoms with van der Waals surface area (Å²) >= 11 is 0. The number of fused-ring (bicyclic) bond motifs is 1. The molecule has 0 atom stereocenters. The molecule has 5 nitrogen and oxygen atoms in total. The maximum Gasteiger partial charge on any atom is 0.170 e. The Hall–Kier alpha value is -2.56. The molecule has 0 amide bonds. The van der Waals surface area contributed by atoms with Crippen molar-refractivity contribution in [2.75, 3.05) is 0 Å². The molecular formula is C15H14N4O. The number of Topliss-reactive ketones (excluding diaryl/α,β-unsaturated/α-hetero) is 1. The van der Waals surface area contributed by atoms with E-state index in [4.69, 9.17) is 0 Å². The van der Waals surface area contributed by atoms with Crippen molar-refractivity contribution in [1.29, 1.82) is 0 Å². The standard InChI is InChI=1S/C15H14N4O/c1-2-19-15(17-10-18-19)9-14(20)12-5-6-13-11(8-12)4-3-7-16-13/h3-8,10H,2,9H2,1H3. The summed E-state index contributed by atoms with van der Waals surface area (Å²) in [4.78, 5) is 20.7. The molecule has 0 bridgehead atoms. The molecule has 0 N–H and O–H groups in total. The highest BCUT2D eigenvalue weighted by Crippen LogP contribution is 2.15. The van der Waals surface area contributed by atoms with Gasteiger partial charge in [0, 0.05) is 23.7 Å². The van der Waals surface area contributed by atoms with Gasteiger partial charge in [0.15, 0.2) is 5.78 Å². The van der Waals surface area contributed by atoms with Gasteiger partial charge < -0.3 is 0 Å². The second-order valence-corrected chi connectivity index (χ2v) is 4.50. The van der Waals surface area contributed by atoms with Crippen LogP contribution in [0.4, 0.5) is 0 Å². The smallest absolute Gasteiger partial charge is 0.170 e. The fourth-order valence-corrected chi connectivity index (χ4v) is 2.18. The van der Waals surface area contributed by atoms with E-state index < -0.39 is 0 Å². The third-order valence-corrected chi connectivity index (χ3v) is 3.24. The summed E-state index contributed by atoms with van der Waals surface area (Å²) in [5.41, 5.74) is 1.57. The van der Waals surface area contributed by atoms with Crippen molar-refractivity contribution in [3.05, 3.63) is 54.2 Å². The van der Waals surface area contributed by atoms with E-state index in [1.54, 1.807) is 10.9 Å². The first-order chi connectivity index (χ1) is 9.78. The van der Waals surface area contributed by atoms with E-state index in [0.717, 1.165) is 10.9 Å². The molecule has 0 spiro atoms. The van der Waals surface area contributed by atoms with Crippen LogP contribution in [0.3, 0.4) is 0 Å². The first-order valence-electron chi connectivity index (χ1n) is 6.52. The van der Waals surface area contributed by atoms with Gasteiger partial charge in [-0.25, -0.2) is 9.67 Å². The molecule has 100 valence electrons. The minimum Gasteiger partial charge on any atom is -0.294 e. The van der Waals surface area contributed by atoms with Crippen molar-refractivity contribution in [2.45, 2.75) is 19.9 Å². The lowest BCUT2D eigenvalue weighted by Crippen LogP contribution is -2.10. The maximum atomic E-state index is 12.3. The molecule has 2 heterocycles. The third kappa shape index (κ3) is 2.30. The number of aromatic nitrogens is 4. The van der Waals surface area contributed by atoms with Gasteiger partial charge in [0.1, 0.15) is 12.2 Å². The van der Waals surface area contributed by atoms with Gasteiger partial charge in [0.05, 0.1) is 11.9 Å². The van der Waals surface area contributed by atoms with Crippen molar-refractivity contribution in [1.82, 2.24) is 19.7 Å². The Kier molecular flexibility index (Phi) is 3.25. The summed E-state index contributed by atoms with van der Waals surface area (Å²) in [6.45, 7) is 2.69. The molecule has 3 aromatic rings. The van der Waals surface area contributed by atoms with E-state index >= 15 is 0 Å². The second kappa shape index (κ2) is 5.21. The molecule has 0 radical (unpaired) electrons. The van der Waals surface area contributed by atoms with Crippen LogP contribution in [0.2, 0.25) is 0 Å². The van der Waals surface area contributed by atoms with E-state index in [1.165, 1.54) is 6.33 Å². The Labute approximate surface area is 116 Å². The zero-order valence-electron chi connectivity index (χ0n) is 11.2. The van der Waals surface area contributed by atoms with Crippen molar-refractivity contribution in [2.24, 2.45) is 0 Å². The summed E-state index contributed by atoms with van der Waals surface area (Å²) in [5, 5.41) is 5.04. The van der Waals surface area contributed by atoms with Crippen LogP contribution in [0.15, 0.2) is 42.9 Å². The first kappa shape index (κ1) is 12.5. The minimum absolute atomic E-state index is 0.0402. The van der Waals surface area contributed by atoms with E-state index in [1.807, 2.05) is 37.3 Å². The van der Waals surface area contributed by atoms with Crippen LogP contribution in [0.1, 0.15) is 23.1 Å². The molecule has 0 saturated carbocycles. The van der Waals surface area contributed by atoms with Crippen LogP contribution in [0.25, 0.3) is 10.9 Å². The lowest BCUT2D eigenvalue weighted by molar-refractivity contribution is 0.0989. The number of nitrogens with zero attached hydrogens (tertiary/aromatic N) is 4. The summed E-state index contributed by atoms with van der Waals surface area (Å²) in [6.07, 6.45) is 3.49. The van der Waals surface area contributed by atoms with Gasteiger partial charge in [-0.05, 0) is 31.2 Å². The highest BCUT2D eigenvalue weighted by Gasteiger charge is 2.12. The number of aryl methyl sites for hydroxylation is 1. The van der Waals surface area contributed by atoms with Crippen LogP contribution in [-0.4, -0.2) is 25.5 Å². The SMILES string of the molecule is CCn1ncnc1CC(=O)c1ccc2ncccc2c1. The fraction of sp³-hybridized carbons (Fsp3) is 0.200. The second-order valence-electron chi connectivity index (χ2n) is 4.50. The minimum atomic E-state index is 0.0402. The first-order valence-corrected chi connectivity index (χ1v) is 6.52. The Bertz CT molecular complexity index is 763. The molecular weight excluding hydrogens is 252 g/mol. The quantitative estimate of drug-likeness (QED) is 0.680. The number of hydrogen-bond acceptors (Lipinski definition) is 4. The predicted octanol–water partition coefficient (Wildman–Crippen LogP) is 2.27. The number of ketones is 1. The molecule has 0 saturated heterocycles. The molecule has 0 aliphatic heterocycles. The number of carbonyl (C=O) groups excluding carboxylic acids is 1. The summed E-state index contributed by atoms with van der Waals surface area (Å²) in [7, 11) is 0. The van der Waals surface area contributed by atoms with E-state index in [-0.39, 0.29) is 12.2 Å².